The molecule has 0 bridgehead atoms. The highest BCUT2D eigenvalue weighted by atomic mass is 32.2. The lowest BCUT2D eigenvalue weighted by atomic mass is 10.1. The second-order valence-electron chi connectivity index (χ2n) is 5.68. The van der Waals surface area contributed by atoms with E-state index in [2.05, 4.69) is 16.0 Å². The highest BCUT2D eigenvalue weighted by Gasteiger charge is 2.12. The second-order valence-corrected chi connectivity index (χ2v) is 7.24. The van der Waals surface area contributed by atoms with Crippen LogP contribution in [0.4, 0.5) is 4.79 Å². The third-order valence-electron chi connectivity index (χ3n) is 3.29. The number of nitrogens with two attached hydrogens (primary N) is 1. The minimum Gasteiger partial charge on any atom is -0.354 e. The Labute approximate surface area is 142 Å². The lowest BCUT2D eigenvalue weighted by molar-refractivity contribution is -0.123. The number of benzene rings is 1. The molecule has 0 aromatic heterocycles. The quantitative estimate of drug-likeness (QED) is 0.529. The van der Waals surface area contributed by atoms with Crippen LogP contribution in [0.3, 0.4) is 0 Å². The van der Waals surface area contributed by atoms with Gasteiger partial charge in [-0.3, -0.25) is 4.79 Å². The Kier molecular flexibility index (Phi) is 7.18. The van der Waals surface area contributed by atoms with Crippen molar-refractivity contribution in [2.45, 2.75) is 31.7 Å². The Hall–Kier alpha value is -2.13. The summed E-state index contributed by atoms with van der Waals surface area (Å²) >= 11 is 0. The van der Waals surface area contributed by atoms with E-state index in [1.54, 1.807) is 32.9 Å². The number of hydrogen-bond donors (Lipinski definition) is 4. The fraction of sp³-hybridized carbons (Fsp3) is 0.467. The lowest BCUT2D eigenvalue weighted by Crippen LogP contribution is -2.41. The van der Waals surface area contributed by atoms with Crippen molar-refractivity contribution >= 4 is 22.0 Å². The first-order valence-corrected chi connectivity index (χ1v) is 9.10. The van der Waals surface area contributed by atoms with Gasteiger partial charge in [0.25, 0.3) is 0 Å². The van der Waals surface area contributed by atoms with Gasteiger partial charge in [0, 0.05) is 19.0 Å². The summed E-state index contributed by atoms with van der Waals surface area (Å²) in [6, 6.07) is 5.27. The molecule has 9 heteroatoms. The summed E-state index contributed by atoms with van der Waals surface area (Å²) < 4.78 is 22.4. The molecule has 24 heavy (non-hydrogen) atoms. The Morgan fingerprint density at radius 3 is 2.08 bits per heavy atom. The number of rotatable bonds is 7. The highest BCUT2D eigenvalue weighted by Crippen LogP contribution is 2.15. The average Bonchev–Trinajstić information content (AvgIpc) is 2.50. The number of urea groups is 1. The maximum Gasteiger partial charge on any atom is 0.315 e. The third-order valence-corrected chi connectivity index (χ3v) is 4.22. The number of carbonyl (C=O) groups is 2. The zero-order valence-electron chi connectivity index (χ0n) is 14.0. The first kappa shape index (κ1) is 19.9. The zero-order chi connectivity index (χ0) is 18.3. The third kappa shape index (κ3) is 6.55. The minimum absolute atomic E-state index is 0.0174. The van der Waals surface area contributed by atoms with E-state index in [0.717, 1.165) is 5.56 Å². The number of carbonyl (C=O) groups excluding carboxylic acids is 2. The van der Waals surface area contributed by atoms with Crippen molar-refractivity contribution in [3.8, 4) is 0 Å². The number of primary sulfonamides is 1. The van der Waals surface area contributed by atoms with Crippen molar-refractivity contribution < 1.29 is 18.0 Å². The molecule has 1 aromatic rings. The fourth-order valence-corrected chi connectivity index (χ4v) is 2.36. The molecule has 1 aromatic carbocycles. The van der Waals surface area contributed by atoms with Crippen LogP contribution in [0.2, 0.25) is 0 Å². The van der Waals surface area contributed by atoms with Gasteiger partial charge in [0.2, 0.25) is 15.9 Å². The van der Waals surface area contributed by atoms with Gasteiger partial charge in [0.05, 0.1) is 10.9 Å². The predicted molar refractivity (Wildman–Crippen MR) is 90.6 cm³/mol. The van der Waals surface area contributed by atoms with E-state index in [1.807, 2.05) is 0 Å². The highest BCUT2D eigenvalue weighted by molar-refractivity contribution is 7.89. The summed E-state index contributed by atoms with van der Waals surface area (Å²) in [4.78, 5) is 23.2. The molecule has 0 spiro atoms. The van der Waals surface area contributed by atoms with E-state index in [9.17, 15) is 18.0 Å². The molecule has 0 radical (unpaired) electrons. The van der Waals surface area contributed by atoms with Crippen molar-refractivity contribution in [3.05, 3.63) is 29.8 Å². The monoisotopic (exact) mass is 356 g/mol. The molecule has 1 rings (SSSR count). The van der Waals surface area contributed by atoms with E-state index in [4.69, 9.17) is 5.14 Å². The molecule has 0 saturated heterocycles. The van der Waals surface area contributed by atoms with Gasteiger partial charge in [-0.1, -0.05) is 26.0 Å². The van der Waals surface area contributed by atoms with E-state index in [-0.39, 0.29) is 28.8 Å². The number of sulfonamides is 1. The summed E-state index contributed by atoms with van der Waals surface area (Å²) in [6.07, 6.45) is 0. The van der Waals surface area contributed by atoms with Crippen molar-refractivity contribution in [2.75, 3.05) is 13.1 Å². The summed E-state index contributed by atoms with van der Waals surface area (Å²) in [5, 5.41) is 13.1. The molecule has 0 aliphatic rings. The molecule has 0 aliphatic heterocycles. The van der Waals surface area contributed by atoms with Crippen LogP contribution in [-0.2, 0) is 14.8 Å². The summed E-state index contributed by atoms with van der Waals surface area (Å²) in [5.41, 5.74) is 0.741. The molecule has 0 saturated carbocycles. The Morgan fingerprint density at radius 1 is 1.04 bits per heavy atom. The van der Waals surface area contributed by atoms with E-state index in [1.165, 1.54) is 12.1 Å². The van der Waals surface area contributed by atoms with Crippen LogP contribution in [0.25, 0.3) is 0 Å². The van der Waals surface area contributed by atoms with Gasteiger partial charge in [-0.05, 0) is 24.6 Å². The number of hydrogen-bond acceptors (Lipinski definition) is 4. The lowest BCUT2D eigenvalue weighted by Gasteiger charge is -2.15. The van der Waals surface area contributed by atoms with Crippen LogP contribution in [0, 0.1) is 5.92 Å². The van der Waals surface area contributed by atoms with Crippen LogP contribution >= 0.6 is 0 Å². The Bertz CT molecular complexity index is 671. The van der Waals surface area contributed by atoms with Crippen LogP contribution in [0.1, 0.15) is 32.4 Å². The molecular weight excluding hydrogens is 332 g/mol. The first-order valence-electron chi connectivity index (χ1n) is 7.56. The predicted octanol–water partition coefficient (Wildman–Crippen LogP) is 0.466. The molecule has 0 fully saturated rings. The smallest absolute Gasteiger partial charge is 0.315 e. The van der Waals surface area contributed by atoms with Gasteiger partial charge in [0.1, 0.15) is 0 Å². The van der Waals surface area contributed by atoms with Crippen LogP contribution in [0.5, 0.6) is 0 Å². The molecule has 8 nitrogen and oxygen atoms in total. The molecule has 0 aliphatic carbocycles. The van der Waals surface area contributed by atoms with Gasteiger partial charge < -0.3 is 16.0 Å². The largest absolute Gasteiger partial charge is 0.354 e. The number of amides is 3. The average molecular weight is 356 g/mol. The van der Waals surface area contributed by atoms with Crippen molar-refractivity contribution in [2.24, 2.45) is 11.1 Å². The van der Waals surface area contributed by atoms with E-state index in [0.29, 0.717) is 13.1 Å². The molecular formula is C15H24N4O4S. The van der Waals surface area contributed by atoms with Crippen LogP contribution in [0.15, 0.2) is 29.2 Å². The zero-order valence-corrected chi connectivity index (χ0v) is 14.8. The summed E-state index contributed by atoms with van der Waals surface area (Å²) in [7, 11) is -3.73. The standard InChI is InChI=1S/C15H24N4O4S/c1-10(2)14(20)17-8-9-18-15(21)19-11(3)12-4-6-13(7-5-12)24(16,22)23/h4-7,10-11H,8-9H2,1-3H3,(H,17,20)(H2,16,22,23)(H2,18,19,21)/t11-/m1/s1. The fourth-order valence-electron chi connectivity index (χ4n) is 1.84. The van der Waals surface area contributed by atoms with Gasteiger partial charge in [0.15, 0.2) is 0 Å². The first-order chi connectivity index (χ1) is 11.1. The van der Waals surface area contributed by atoms with Crippen molar-refractivity contribution in [1.82, 2.24) is 16.0 Å². The maximum absolute atomic E-state index is 11.8. The molecule has 134 valence electrons. The topological polar surface area (TPSA) is 130 Å². The Morgan fingerprint density at radius 2 is 1.58 bits per heavy atom. The molecule has 3 amide bonds. The van der Waals surface area contributed by atoms with Gasteiger partial charge in [-0.2, -0.15) is 0 Å². The minimum atomic E-state index is -3.73. The summed E-state index contributed by atoms with van der Waals surface area (Å²) in [6.45, 7) is 6.01. The normalized spacial score (nSPS) is 12.5. The van der Waals surface area contributed by atoms with E-state index < -0.39 is 10.0 Å². The van der Waals surface area contributed by atoms with Gasteiger partial charge in [-0.25, -0.2) is 18.4 Å². The van der Waals surface area contributed by atoms with Gasteiger partial charge >= 0.3 is 6.03 Å². The molecule has 5 N–H and O–H groups in total. The van der Waals surface area contributed by atoms with E-state index >= 15 is 0 Å². The SMILES string of the molecule is CC(C)C(=O)NCCNC(=O)N[C@H](C)c1ccc(S(N)(=O)=O)cc1. The van der Waals surface area contributed by atoms with Crippen molar-refractivity contribution in [1.29, 1.82) is 0 Å². The number of nitrogens with one attached hydrogen (secondary N) is 3. The van der Waals surface area contributed by atoms with Crippen molar-refractivity contribution in [3.63, 3.8) is 0 Å². The maximum atomic E-state index is 11.8. The van der Waals surface area contributed by atoms with Gasteiger partial charge in [-0.15, -0.1) is 0 Å². The van der Waals surface area contributed by atoms with Crippen LogP contribution < -0.4 is 21.1 Å². The summed E-state index contributed by atoms with van der Waals surface area (Å²) in [5.74, 6) is -0.167. The molecule has 0 unspecified atom stereocenters. The Balaban J connectivity index is 2.43. The van der Waals surface area contributed by atoms with Crippen LogP contribution in [-0.4, -0.2) is 33.4 Å². The molecule has 0 heterocycles. The molecule has 1 atom stereocenters. The second kappa shape index (κ2) is 8.65.